The van der Waals surface area contributed by atoms with Crippen molar-refractivity contribution in [3.63, 3.8) is 0 Å². The van der Waals surface area contributed by atoms with Crippen molar-refractivity contribution >= 4 is 0 Å². The number of hydrogen-bond donors (Lipinski definition) is 1. The Morgan fingerprint density at radius 2 is 1.91 bits per heavy atom. The van der Waals surface area contributed by atoms with Crippen LogP contribution in [0, 0.1) is 5.92 Å². The van der Waals surface area contributed by atoms with Crippen LogP contribution in [-0.4, -0.2) is 26.5 Å². The third-order valence-electron chi connectivity index (χ3n) is 4.64. The minimum Gasteiger partial charge on any atom is -0.493 e. The summed E-state index contributed by atoms with van der Waals surface area (Å²) >= 11 is 0. The number of piperidine rings is 1. The highest BCUT2D eigenvalue weighted by atomic mass is 16.7. The molecule has 0 radical (unpaired) electrons. The van der Waals surface area contributed by atoms with Crippen LogP contribution in [-0.2, 0) is 0 Å². The molecule has 0 spiro atoms. The molecule has 120 valence electrons. The van der Waals surface area contributed by atoms with E-state index in [-0.39, 0.29) is 0 Å². The molecule has 4 nitrogen and oxygen atoms in total. The van der Waals surface area contributed by atoms with Gasteiger partial charge in [0.15, 0.2) is 11.5 Å². The average molecular weight is 311 g/mol. The molecule has 0 aliphatic carbocycles. The van der Waals surface area contributed by atoms with Crippen molar-refractivity contribution in [3.05, 3.63) is 54.1 Å². The zero-order valence-electron chi connectivity index (χ0n) is 13.0. The van der Waals surface area contributed by atoms with Crippen LogP contribution in [0.5, 0.6) is 17.2 Å². The van der Waals surface area contributed by atoms with Gasteiger partial charge in [0.05, 0.1) is 6.61 Å². The molecular formula is C19H21NO3. The number of ether oxygens (including phenoxy) is 3. The number of nitrogens with one attached hydrogen (secondary N) is 1. The Kier molecular flexibility index (Phi) is 4.07. The van der Waals surface area contributed by atoms with Crippen LogP contribution in [0.1, 0.15) is 17.9 Å². The van der Waals surface area contributed by atoms with E-state index < -0.39 is 0 Å². The second kappa shape index (κ2) is 6.50. The zero-order valence-corrected chi connectivity index (χ0v) is 13.0. The van der Waals surface area contributed by atoms with Gasteiger partial charge in [-0.05, 0) is 36.6 Å². The standard InChI is InChI=1S/C19H21NO3/c1-2-4-14(5-3-1)17-8-9-20-11-15(17)12-21-16-6-7-18-19(10-16)23-13-22-18/h1-7,10,15,17,20H,8-9,11-13H2/t15-,17-/m1/s1. The molecule has 0 unspecified atom stereocenters. The van der Waals surface area contributed by atoms with Gasteiger partial charge in [-0.25, -0.2) is 0 Å². The van der Waals surface area contributed by atoms with Crippen LogP contribution in [0.25, 0.3) is 0 Å². The largest absolute Gasteiger partial charge is 0.493 e. The molecule has 2 aliphatic heterocycles. The summed E-state index contributed by atoms with van der Waals surface area (Å²) in [5.41, 5.74) is 1.41. The predicted molar refractivity (Wildman–Crippen MR) is 88.2 cm³/mol. The Balaban J connectivity index is 1.44. The summed E-state index contributed by atoms with van der Waals surface area (Å²) < 4.78 is 16.8. The molecule has 2 aromatic carbocycles. The van der Waals surface area contributed by atoms with Gasteiger partial charge in [-0.2, -0.15) is 0 Å². The highest BCUT2D eigenvalue weighted by molar-refractivity contribution is 5.46. The average Bonchev–Trinajstić information content (AvgIpc) is 3.09. The summed E-state index contributed by atoms with van der Waals surface area (Å²) in [4.78, 5) is 0. The monoisotopic (exact) mass is 311 g/mol. The van der Waals surface area contributed by atoms with Crippen molar-refractivity contribution in [2.75, 3.05) is 26.5 Å². The Labute approximate surface area is 136 Å². The van der Waals surface area contributed by atoms with Crippen LogP contribution in [0.2, 0.25) is 0 Å². The van der Waals surface area contributed by atoms with E-state index in [1.165, 1.54) is 5.56 Å². The van der Waals surface area contributed by atoms with E-state index in [1.54, 1.807) is 0 Å². The highest BCUT2D eigenvalue weighted by Crippen LogP contribution is 2.36. The Morgan fingerprint density at radius 3 is 2.83 bits per heavy atom. The van der Waals surface area contributed by atoms with E-state index in [0.717, 1.165) is 36.8 Å². The van der Waals surface area contributed by atoms with Gasteiger partial charge in [0.2, 0.25) is 6.79 Å². The molecule has 2 aliphatic rings. The van der Waals surface area contributed by atoms with E-state index in [2.05, 4.69) is 35.6 Å². The molecule has 4 heteroatoms. The first-order chi connectivity index (χ1) is 11.4. The van der Waals surface area contributed by atoms with Crippen LogP contribution in [0.4, 0.5) is 0 Å². The van der Waals surface area contributed by atoms with Gasteiger partial charge in [0.25, 0.3) is 0 Å². The van der Waals surface area contributed by atoms with E-state index in [0.29, 0.717) is 25.2 Å². The lowest BCUT2D eigenvalue weighted by Crippen LogP contribution is -2.38. The van der Waals surface area contributed by atoms with Crippen molar-refractivity contribution in [1.29, 1.82) is 0 Å². The SMILES string of the molecule is c1ccc([C@H]2CCNC[C@@H]2COc2ccc3c(c2)OCO3)cc1. The number of hydrogen-bond acceptors (Lipinski definition) is 4. The third-order valence-corrected chi connectivity index (χ3v) is 4.64. The van der Waals surface area contributed by atoms with Crippen molar-refractivity contribution < 1.29 is 14.2 Å². The molecule has 23 heavy (non-hydrogen) atoms. The Hall–Kier alpha value is -2.20. The number of rotatable bonds is 4. The van der Waals surface area contributed by atoms with Crippen molar-refractivity contribution in [2.24, 2.45) is 5.92 Å². The summed E-state index contributed by atoms with van der Waals surface area (Å²) in [5.74, 6) is 3.41. The molecule has 2 atom stereocenters. The molecule has 2 heterocycles. The topological polar surface area (TPSA) is 39.7 Å². The highest BCUT2D eigenvalue weighted by Gasteiger charge is 2.27. The molecule has 0 aromatic heterocycles. The third kappa shape index (κ3) is 3.13. The van der Waals surface area contributed by atoms with Gasteiger partial charge in [-0.3, -0.25) is 0 Å². The van der Waals surface area contributed by atoms with Crippen LogP contribution >= 0.6 is 0 Å². The summed E-state index contributed by atoms with van der Waals surface area (Å²) in [5, 5.41) is 3.49. The summed E-state index contributed by atoms with van der Waals surface area (Å²) in [7, 11) is 0. The fourth-order valence-electron chi connectivity index (χ4n) is 3.41. The first kappa shape index (κ1) is 14.4. The van der Waals surface area contributed by atoms with E-state index in [1.807, 2.05) is 18.2 Å². The van der Waals surface area contributed by atoms with E-state index >= 15 is 0 Å². The van der Waals surface area contributed by atoms with Gasteiger partial charge >= 0.3 is 0 Å². The van der Waals surface area contributed by atoms with Gasteiger partial charge in [-0.1, -0.05) is 30.3 Å². The quantitative estimate of drug-likeness (QED) is 0.941. The minimum atomic E-state index is 0.293. The molecule has 0 amide bonds. The summed E-state index contributed by atoms with van der Waals surface area (Å²) in [6.07, 6.45) is 1.15. The molecule has 0 bridgehead atoms. The number of fused-ring (bicyclic) bond motifs is 1. The second-order valence-corrected chi connectivity index (χ2v) is 6.10. The molecular weight excluding hydrogens is 290 g/mol. The molecule has 1 N–H and O–H groups in total. The summed E-state index contributed by atoms with van der Waals surface area (Å²) in [6.45, 7) is 3.05. The molecule has 0 saturated carbocycles. The summed E-state index contributed by atoms with van der Waals surface area (Å²) in [6, 6.07) is 16.5. The van der Waals surface area contributed by atoms with Crippen LogP contribution < -0.4 is 19.5 Å². The van der Waals surface area contributed by atoms with Crippen LogP contribution in [0.15, 0.2) is 48.5 Å². The van der Waals surface area contributed by atoms with Gasteiger partial charge < -0.3 is 19.5 Å². The molecule has 1 fully saturated rings. The van der Waals surface area contributed by atoms with E-state index in [9.17, 15) is 0 Å². The number of benzene rings is 2. The smallest absolute Gasteiger partial charge is 0.231 e. The minimum absolute atomic E-state index is 0.293. The molecule has 1 saturated heterocycles. The van der Waals surface area contributed by atoms with Gasteiger partial charge in [0.1, 0.15) is 5.75 Å². The Bertz CT molecular complexity index is 659. The fourth-order valence-corrected chi connectivity index (χ4v) is 3.41. The normalized spacial score (nSPS) is 22.8. The van der Waals surface area contributed by atoms with Crippen molar-refractivity contribution in [1.82, 2.24) is 5.32 Å². The predicted octanol–water partition coefficient (Wildman–Crippen LogP) is 3.19. The first-order valence-electron chi connectivity index (χ1n) is 8.18. The lowest BCUT2D eigenvalue weighted by Gasteiger charge is -2.32. The van der Waals surface area contributed by atoms with Crippen molar-refractivity contribution in [2.45, 2.75) is 12.3 Å². The maximum absolute atomic E-state index is 6.05. The molecule has 2 aromatic rings. The lowest BCUT2D eigenvalue weighted by atomic mass is 9.81. The Morgan fingerprint density at radius 1 is 1.04 bits per heavy atom. The maximum atomic E-state index is 6.05. The van der Waals surface area contributed by atoms with Gasteiger partial charge in [0, 0.05) is 18.5 Å². The van der Waals surface area contributed by atoms with Gasteiger partial charge in [-0.15, -0.1) is 0 Å². The van der Waals surface area contributed by atoms with Crippen molar-refractivity contribution in [3.8, 4) is 17.2 Å². The zero-order chi connectivity index (χ0) is 15.5. The maximum Gasteiger partial charge on any atom is 0.231 e. The fraction of sp³-hybridized carbons (Fsp3) is 0.368. The second-order valence-electron chi connectivity index (χ2n) is 6.10. The first-order valence-corrected chi connectivity index (χ1v) is 8.18. The van der Waals surface area contributed by atoms with E-state index in [4.69, 9.17) is 14.2 Å². The molecule has 4 rings (SSSR count). The lowest BCUT2D eigenvalue weighted by molar-refractivity contribution is 0.173. The van der Waals surface area contributed by atoms with Crippen LogP contribution in [0.3, 0.4) is 0 Å².